The number of benzene rings is 2. The molecule has 10 nitrogen and oxygen atoms in total. The summed E-state index contributed by atoms with van der Waals surface area (Å²) in [6, 6.07) is 13.8. The molecule has 1 aromatic heterocycles. The van der Waals surface area contributed by atoms with Gasteiger partial charge in [0.2, 0.25) is 5.88 Å². The number of pyridine rings is 1. The number of hydrogen-bond acceptors (Lipinski definition) is 8. The van der Waals surface area contributed by atoms with E-state index in [-0.39, 0.29) is 28.6 Å². The molecule has 178 valence electrons. The monoisotopic (exact) mass is 485 g/mol. The third-order valence-corrected chi connectivity index (χ3v) is 6.13. The molecule has 4 rings (SSSR count). The highest BCUT2D eigenvalue weighted by molar-refractivity contribution is 7.92. The van der Waals surface area contributed by atoms with Gasteiger partial charge in [-0.15, -0.1) is 0 Å². The SMILES string of the molecule is COCCOc1ncccc1NC(=O)c1cccc(NS(=O)(=O)c2ccc3c(c2)OCCO3)c1. The van der Waals surface area contributed by atoms with Crippen LogP contribution in [0.1, 0.15) is 10.4 Å². The molecular formula is C23H23N3O7S. The highest BCUT2D eigenvalue weighted by Gasteiger charge is 2.20. The maximum atomic E-state index is 12.9. The summed E-state index contributed by atoms with van der Waals surface area (Å²) in [5, 5.41) is 2.73. The van der Waals surface area contributed by atoms with Crippen molar-refractivity contribution >= 4 is 27.3 Å². The van der Waals surface area contributed by atoms with E-state index in [1.165, 1.54) is 18.2 Å². The third kappa shape index (κ3) is 5.56. The van der Waals surface area contributed by atoms with Gasteiger partial charge >= 0.3 is 0 Å². The highest BCUT2D eigenvalue weighted by Crippen LogP contribution is 2.33. The molecule has 2 heterocycles. The van der Waals surface area contributed by atoms with Crippen molar-refractivity contribution in [3.8, 4) is 17.4 Å². The fraction of sp³-hybridized carbons (Fsp3) is 0.217. The molecule has 0 saturated heterocycles. The molecule has 0 saturated carbocycles. The summed E-state index contributed by atoms with van der Waals surface area (Å²) in [7, 11) is -2.37. The number of carbonyl (C=O) groups is 1. The van der Waals surface area contributed by atoms with Crippen molar-refractivity contribution in [1.29, 1.82) is 0 Å². The molecule has 1 aliphatic rings. The number of nitrogens with one attached hydrogen (secondary N) is 2. The Kier molecular flexibility index (Phi) is 7.14. The Morgan fingerprint density at radius 1 is 1.03 bits per heavy atom. The number of amides is 1. The molecule has 11 heteroatoms. The zero-order valence-corrected chi connectivity index (χ0v) is 19.1. The summed E-state index contributed by atoms with van der Waals surface area (Å²) in [6.45, 7) is 1.40. The number of rotatable bonds is 9. The lowest BCUT2D eigenvalue weighted by molar-refractivity contribution is 0.102. The molecule has 0 aliphatic carbocycles. The third-order valence-electron chi connectivity index (χ3n) is 4.75. The number of fused-ring (bicyclic) bond motifs is 1. The number of methoxy groups -OCH3 is 1. The number of aromatic nitrogens is 1. The Morgan fingerprint density at radius 2 is 1.85 bits per heavy atom. The van der Waals surface area contributed by atoms with Crippen LogP contribution in [0, 0.1) is 0 Å². The van der Waals surface area contributed by atoms with E-state index in [0.717, 1.165) is 0 Å². The molecule has 1 amide bonds. The van der Waals surface area contributed by atoms with Gasteiger partial charge in [0.25, 0.3) is 15.9 Å². The minimum atomic E-state index is -3.93. The van der Waals surface area contributed by atoms with E-state index in [0.29, 0.717) is 37.0 Å². The Morgan fingerprint density at radius 3 is 2.68 bits per heavy atom. The molecule has 2 N–H and O–H groups in total. The van der Waals surface area contributed by atoms with Crippen molar-refractivity contribution in [3.05, 3.63) is 66.4 Å². The van der Waals surface area contributed by atoms with Crippen LogP contribution in [0.5, 0.6) is 17.4 Å². The van der Waals surface area contributed by atoms with Gasteiger partial charge in [-0.05, 0) is 42.5 Å². The van der Waals surface area contributed by atoms with E-state index < -0.39 is 15.9 Å². The molecule has 3 aromatic rings. The minimum Gasteiger partial charge on any atom is -0.486 e. The second-order valence-corrected chi connectivity index (χ2v) is 8.83. The number of nitrogens with zero attached hydrogens (tertiary/aromatic N) is 1. The summed E-state index contributed by atoms with van der Waals surface area (Å²) in [4.78, 5) is 17.0. The number of carbonyl (C=O) groups excluding carboxylic acids is 1. The summed E-state index contributed by atoms with van der Waals surface area (Å²) >= 11 is 0. The first kappa shape index (κ1) is 23.3. The molecular weight excluding hydrogens is 462 g/mol. The largest absolute Gasteiger partial charge is 0.486 e. The van der Waals surface area contributed by atoms with E-state index in [1.807, 2.05) is 0 Å². The lowest BCUT2D eigenvalue weighted by atomic mass is 10.2. The molecule has 34 heavy (non-hydrogen) atoms. The summed E-state index contributed by atoms with van der Waals surface area (Å²) in [5.41, 5.74) is 0.852. The van der Waals surface area contributed by atoms with Crippen LogP contribution in [-0.2, 0) is 14.8 Å². The van der Waals surface area contributed by atoms with Crippen LogP contribution in [0.4, 0.5) is 11.4 Å². The Bertz CT molecular complexity index is 1280. The maximum Gasteiger partial charge on any atom is 0.262 e. The lowest BCUT2D eigenvalue weighted by Gasteiger charge is -2.19. The van der Waals surface area contributed by atoms with Crippen molar-refractivity contribution < 1.29 is 32.2 Å². The molecule has 0 atom stereocenters. The van der Waals surface area contributed by atoms with Gasteiger partial charge in [-0.1, -0.05) is 6.07 Å². The van der Waals surface area contributed by atoms with E-state index in [1.54, 1.807) is 49.7 Å². The highest BCUT2D eigenvalue weighted by atomic mass is 32.2. The van der Waals surface area contributed by atoms with Crippen LogP contribution in [0.2, 0.25) is 0 Å². The first-order chi connectivity index (χ1) is 16.5. The number of anilines is 2. The molecule has 0 bridgehead atoms. The van der Waals surface area contributed by atoms with Gasteiger partial charge in [-0.2, -0.15) is 0 Å². The van der Waals surface area contributed by atoms with Crippen molar-refractivity contribution in [3.63, 3.8) is 0 Å². The van der Waals surface area contributed by atoms with Crippen LogP contribution in [0.15, 0.2) is 65.7 Å². The van der Waals surface area contributed by atoms with E-state index >= 15 is 0 Å². The zero-order chi connectivity index (χ0) is 24.0. The predicted molar refractivity (Wildman–Crippen MR) is 124 cm³/mol. The van der Waals surface area contributed by atoms with Crippen LogP contribution < -0.4 is 24.2 Å². The number of hydrogen-bond donors (Lipinski definition) is 2. The van der Waals surface area contributed by atoms with Crippen molar-refractivity contribution in [2.45, 2.75) is 4.90 Å². The fourth-order valence-electron chi connectivity index (χ4n) is 3.15. The minimum absolute atomic E-state index is 0.0137. The normalized spacial score (nSPS) is 12.6. The summed E-state index contributed by atoms with van der Waals surface area (Å²) in [6.07, 6.45) is 1.55. The Balaban J connectivity index is 1.48. The van der Waals surface area contributed by atoms with Crippen LogP contribution in [0.3, 0.4) is 0 Å². The molecule has 2 aromatic carbocycles. The van der Waals surface area contributed by atoms with Gasteiger partial charge < -0.3 is 24.3 Å². The number of sulfonamides is 1. The van der Waals surface area contributed by atoms with E-state index in [9.17, 15) is 13.2 Å². The van der Waals surface area contributed by atoms with Crippen LogP contribution >= 0.6 is 0 Å². The molecule has 0 fully saturated rings. The number of ether oxygens (including phenoxy) is 4. The Labute approximate surface area is 196 Å². The van der Waals surface area contributed by atoms with Crippen molar-refractivity contribution in [1.82, 2.24) is 4.98 Å². The summed E-state index contributed by atoms with van der Waals surface area (Å²) in [5.74, 6) is 0.653. The zero-order valence-electron chi connectivity index (χ0n) is 18.3. The second kappa shape index (κ2) is 10.4. The average Bonchev–Trinajstić information content (AvgIpc) is 2.85. The summed E-state index contributed by atoms with van der Waals surface area (Å²) < 4.78 is 49.6. The Hall–Kier alpha value is -3.83. The van der Waals surface area contributed by atoms with Gasteiger partial charge in [0.1, 0.15) is 25.5 Å². The maximum absolute atomic E-state index is 12.9. The second-order valence-electron chi connectivity index (χ2n) is 7.14. The van der Waals surface area contributed by atoms with Crippen LogP contribution in [-0.4, -0.2) is 52.8 Å². The first-order valence-electron chi connectivity index (χ1n) is 10.4. The van der Waals surface area contributed by atoms with E-state index in [2.05, 4.69) is 15.0 Å². The smallest absolute Gasteiger partial charge is 0.262 e. The van der Waals surface area contributed by atoms with Gasteiger partial charge in [0.05, 0.1) is 11.5 Å². The molecule has 0 radical (unpaired) electrons. The van der Waals surface area contributed by atoms with Crippen LogP contribution in [0.25, 0.3) is 0 Å². The lowest BCUT2D eigenvalue weighted by Crippen LogP contribution is -2.18. The quantitative estimate of drug-likeness (QED) is 0.443. The van der Waals surface area contributed by atoms with Gasteiger partial charge in [0.15, 0.2) is 11.5 Å². The first-order valence-corrected chi connectivity index (χ1v) is 11.9. The van der Waals surface area contributed by atoms with Crippen molar-refractivity contribution in [2.24, 2.45) is 0 Å². The molecule has 1 aliphatic heterocycles. The fourth-order valence-corrected chi connectivity index (χ4v) is 4.21. The molecule has 0 spiro atoms. The average molecular weight is 486 g/mol. The predicted octanol–water partition coefficient (Wildman–Crippen LogP) is 2.93. The van der Waals surface area contributed by atoms with Gasteiger partial charge in [0, 0.05) is 30.6 Å². The molecule has 0 unspecified atom stereocenters. The van der Waals surface area contributed by atoms with Crippen molar-refractivity contribution in [2.75, 3.05) is 43.6 Å². The topological polar surface area (TPSA) is 125 Å². The van der Waals surface area contributed by atoms with Gasteiger partial charge in [-0.3, -0.25) is 9.52 Å². The van der Waals surface area contributed by atoms with Gasteiger partial charge in [-0.25, -0.2) is 13.4 Å². The van der Waals surface area contributed by atoms with E-state index in [4.69, 9.17) is 18.9 Å². The standard InChI is InChI=1S/C23H23N3O7S/c1-30-10-11-33-23-19(6-3-9-24-23)25-22(27)16-4-2-5-17(14-16)26-34(28,29)18-7-8-20-21(15-18)32-13-12-31-20/h2-9,14-15,26H,10-13H2,1H3,(H,25,27).